The predicted octanol–water partition coefficient (Wildman–Crippen LogP) is 3.39. The Hall–Kier alpha value is -1.47. The van der Waals surface area contributed by atoms with Gasteiger partial charge in [0, 0.05) is 40.0 Å². The molecule has 4 nitrogen and oxygen atoms in total. The molecule has 1 aromatic carbocycles. The fourth-order valence-corrected chi connectivity index (χ4v) is 5.87. The van der Waals surface area contributed by atoms with Gasteiger partial charge in [-0.05, 0) is 84.3 Å². The molecule has 2 aromatic rings. The zero-order valence-corrected chi connectivity index (χ0v) is 16.7. The molecule has 2 bridgehead atoms. The average Bonchev–Trinajstić information content (AvgIpc) is 3.12. The number of hydrogen-bond donors (Lipinski definition) is 0. The van der Waals surface area contributed by atoms with Crippen LogP contribution in [0.3, 0.4) is 0 Å². The van der Waals surface area contributed by atoms with Gasteiger partial charge < -0.3 is 4.90 Å². The van der Waals surface area contributed by atoms with Crippen molar-refractivity contribution in [1.82, 2.24) is 14.8 Å². The fourth-order valence-electron chi connectivity index (χ4n) is 5.33. The van der Waals surface area contributed by atoms with Crippen LogP contribution in [0.2, 0.25) is 0 Å². The van der Waals surface area contributed by atoms with E-state index < -0.39 is 0 Å². The Bertz CT molecular complexity index is 819. The molecule has 4 fully saturated rings. The van der Waals surface area contributed by atoms with E-state index in [0.29, 0.717) is 23.9 Å². The minimum atomic E-state index is 0.193. The number of pyridine rings is 1. The molecule has 0 N–H and O–H groups in total. The third-order valence-corrected chi connectivity index (χ3v) is 7.11. The van der Waals surface area contributed by atoms with Crippen LogP contribution in [-0.4, -0.2) is 52.4 Å². The molecule has 0 aliphatic carbocycles. The van der Waals surface area contributed by atoms with Crippen LogP contribution in [0, 0.1) is 9.49 Å². The lowest BCUT2D eigenvalue weighted by molar-refractivity contribution is -0.00342. The van der Waals surface area contributed by atoms with Crippen molar-refractivity contribution in [3.05, 3.63) is 63.5 Å². The van der Waals surface area contributed by atoms with Gasteiger partial charge in [0.25, 0.3) is 5.91 Å². The van der Waals surface area contributed by atoms with Crippen LogP contribution in [-0.2, 0) is 0 Å². The second kappa shape index (κ2) is 6.60. The first-order valence-corrected chi connectivity index (χ1v) is 10.5. The largest absolute Gasteiger partial charge is 0.333 e. The molecule has 3 unspecified atom stereocenters. The summed E-state index contributed by atoms with van der Waals surface area (Å²) >= 11 is 2.28. The van der Waals surface area contributed by atoms with E-state index in [1.165, 1.54) is 31.5 Å². The number of nitrogens with zero attached hydrogens (tertiary/aromatic N) is 3. The number of carbonyl (C=O) groups is 1. The van der Waals surface area contributed by atoms with Gasteiger partial charge in [0.15, 0.2) is 0 Å². The Morgan fingerprint density at radius 2 is 1.96 bits per heavy atom. The molecule has 26 heavy (non-hydrogen) atoms. The van der Waals surface area contributed by atoms with Crippen molar-refractivity contribution in [2.75, 3.05) is 19.6 Å². The maximum absolute atomic E-state index is 13.4. The number of aromatic nitrogens is 1. The van der Waals surface area contributed by atoms with Crippen molar-refractivity contribution in [2.45, 2.75) is 30.8 Å². The third-order valence-electron chi connectivity index (χ3n) is 6.44. The van der Waals surface area contributed by atoms with Crippen LogP contribution in [0.15, 0.2) is 48.8 Å². The summed E-state index contributed by atoms with van der Waals surface area (Å²) in [5.41, 5.74) is 2.09. The van der Waals surface area contributed by atoms with E-state index in [4.69, 9.17) is 0 Å². The number of fused-ring (bicyclic) bond motifs is 2. The van der Waals surface area contributed by atoms with E-state index in [2.05, 4.69) is 43.4 Å². The van der Waals surface area contributed by atoms with Gasteiger partial charge >= 0.3 is 0 Å². The number of benzene rings is 1. The lowest BCUT2D eigenvalue weighted by Gasteiger charge is -2.51. The topological polar surface area (TPSA) is 36.4 Å². The summed E-state index contributed by atoms with van der Waals surface area (Å²) in [4.78, 5) is 22.6. The monoisotopic (exact) mass is 459 g/mol. The lowest BCUT2D eigenvalue weighted by atomic mass is 9.75. The number of likely N-dealkylation sites (tertiary alicyclic amines) is 1. The molecule has 1 amide bonds. The van der Waals surface area contributed by atoms with Crippen LogP contribution in [0.25, 0.3) is 0 Å². The van der Waals surface area contributed by atoms with Gasteiger partial charge in [0.2, 0.25) is 0 Å². The number of carbonyl (C=O) groups excluding carboxylic acids is 1. The number of amides is 1. The standard InChI is InChI=1S/C21H22IN3O/c22-17-5-1-3-15(11-17)21(26)25-13-18(16-4-2-8-23-12-16)20-19(25)14-6-9-24(20)10-7-14/h1-5,8,11-12,14,18-20H,6-7,9-10,13H2. The Morgan fingerprint density at radius 1 is 1.12 bits per heavy atom. The van der Waals surface area contributed by atoms with Crippen molar-refractivity contribution in [1.29, 1.82) is 0 Å². The van der Waals surface area contributed by atoms with Gasteiger partial charge in [0.05, 0.1) is 6.04 Å². The Morgan fingerprint density at radius 3 is 2.69 bits per heavy atom. The highest BCUT2D eigenvalue weighted by Gasteiger charge is 2.54. The molecular weight excluding hydrogens is 437 g/mol. The van der Waals surface area contributed by atoms with E-state index in [0.717, 1.165) is 15.7 Å². The zero-order valence-electron chi connectivity index (χ0n) is 14.6. The van der Waals surface area contributed by atoms with Crippen molar-refractivity contribution in [3.63, 3.8) is 0 Å². The second-order valence-corrected chi connectivity index (χ2v) is 8.96. The van der Waals surface area contributed by atoms with Crippen molar-refractivity contribution < 1.29 is 4.79 Å². The van der Waals surface area contributed by atoms with Crippen molar-refractivity contribution in [3.8, 4) is 0 Å². The molecule has 0 radical (unpaired) electrons. The number of rotatable bonds is 2. The normalized spacial score (nSPS) is 32.5. The molecule has 4 aliphatic rings. The number of halogens is 1. The summed E-state index contributed by atoms with van der Waals surface area (Å²) in [5.74, 6) is 1.19. The van der Waals surface area contributed by atoms with Gasteiger partial charge in [0.1, 0.15) is 0 Å². The molecule has 1 aromatic heterocycles. The third kappa shape index (κ3) is 2.67. The summed E-state index contributed by atoms with van der Waals surface area (Å²) in [6.45, 7) is 3.15. The molecule has 6 rings (SSSR count). The summed E-state index contributed by atoms with van der Waals surface area (Å²) in [5, 5.41) is 0. The summed E-state index contributed by atoms with van der Waals surface area (Å²) in [7, 11) is 0. The van der Waals surface area contributed by atoms with Crippen LogP contribution in [0.5, 0.6) is 0 Å². The highest BCUT2D eigenvalue weighted by molar-refractivity contribution is 14.1. The van der Waals surface area contributed by atoms with E-state index >= 15 is 0 Å². The van der Waals surface area contributed by atoms with Gasteiger partial charge in [-0.3, -0.25) is 14.7 Å². The maximum Gasteiger partial charge on any atom is 0.254 e. The van der Waals surface area contributed by atoms with Crippen LogP contribution >= 0.6 is 22.6 Å². The molecule has 134 valence electrons. The fraction of sp³-hybridized carbons (Fsp3) is 0.429. The second-order valence-electron chi connectivity index (χ2n) is 7.72. The minimum Gasteiger partial charge on any atom is -0.333 e. The van der Waals surface area contributed by atoms with Crippen LogP contribution in [0.4, 0.5) is 0 Å². The first-order chi connectivity index (χ1) is 12.7. The molecule has 0 spiro atoms. The molecule has 5 heteroatoms. The zero-order chi connectivity index (χ0) is 17.7. The summed E-state index contributed by atoms with van der Waals surface area (Å²) in [6.07, 6.45) is 6.26. The molecule has 5 heterocycles. The molecule has 4 aliphatic heterocycles. The van der Waals surface area contributed by atoms with E-state index in [-0.39, 0.29) is 5.91 Å². The number of hydrogen-bond acceptors (Lipinski definition) is 3. The van der Waals surface area contributed by atoms with Gasteiger partial charge in [-0.15, -0.1) is 0 Å². The highest BCUT2D eigenvalue weighted by atomic mass is 127. The predicted molar refractivity (Wildman–Crippen MR) is 109 cm³/mol. The molecular formula is C21H22IN3O. The van der Waals surface area contributed by atoms with E-state index in [1.54, 1.807) is 0 Å². The Balaban J connectivity index is 1.53. The average molecular weight is 459 g/mol. The van der Waals surface area contributed by atoms with Gasteiger partial charge in [-0.25, -0.2) is 0 Å². The minimum absolute atomic E-state index is 0.193. The Labute approximate surface area is 167 Å². The van der Waals surface area contributed by atoms with Crippen LogP contribution in [0.1, 0.15) is 34.7 Å². The quantitative estimate of drug-likeness (QED) is 0.647. The van der Waals surface area contributed by atoms with E-state index in [9.17, 15) is 4.79 Å². The van der Waals surface area contributed by atoms with Crippen molar-refractivity contribution in [2.24, 2.45) is 5.92 Å². The summed E-state index contributed by atoms with van der Waals surface area (Å²) < 4.78 is 1.11. The molecule has 4 saturated heterocycles. The smallest absolute Gasteiger partial charge is 0.254 e. The number of piperidine rings is 3. The first-order valence-electron chi connectivity index (χ1n) is 9.43. The van der Waals surface area contributed by atoms with Crippen molar-refractivity contribution >= 4 is 28.5 Å². The van der Waals surface area contributed by atoms with Gasteiger partial charge in [-0.2, -0.15) is 0 Å². The first kappa shape index (κ1) is 16.7. The highest BCUT2D eigenvalue weighted by Crippen LogP contribution is 2.46. The molecule has 0 saturated carbocycles. The SMILES string of the molecule is O=C(c1cccc(I)c1)N1CC(c2cccnc2)C2C1C1CCN2CC1. The molecule has 3 atom stereocenters. The van der Waals surface area contributed by atoms with Crippen LogP contribution < -0.4 is 0 Å². The lowest BCUT2D eigenvalue weighted by Crippen LogP contribution is -2.60. The Kier molecular flexibility index (Phi) is 4.24. The van der Waals surface area contributed by atoms with Gasteiger partial charge in [-0.1, -0.05) is 12.1 Å². The summed E-state index contributed by atoms with van der Waals surface area (Å²) in [6, 6.07) is 13.0. The maximum atomic E-state index is 13.4. The van der Waals surface area contributed by atoms with E-state index in [1.807, 2.05) is 42.7 Å².